The van der Waals surface area contributed by atoms with Crippen LogP contribution in [0.15, 0.2) is 6.58 Å². The predicted molar refractivity (Wildman–Crippen MR) is 45.4 cm³/mol. The van der Waals surface area contributed by atoms with Gasteiger partial charge in [0.2, 0.25) is 0 Å². The molecule has 0 saturated heterocycles. The Morgan fingerprint density at radius 2 is 1.91 bits per heavy atom. The molecule has 0 aliphatic carbocycles. The van der Waals surface area contributed by atoms with E-state index in [1.807, 2.05) is 13.8 Å². The second kappa shape index (κ2) is 22.5. The van der Waals surface area contributed by atoms with Gasteiger partial charge in [-0.05, 0) is 13.8 Å². The molecule has 0 aromatic carbocycles. The van der Waals surface area contributed by atoms with E-state index < -0.39 is 0 Å². The molecule has 0 amide bonds. The van der Waals surface area contributed by atoms with E-state index >= 15 is 0 Å². The zero-order valence-electron chi connectivity index (χ0n) is 7.35. The Labute approximate surface area is 80.1 Å². The molecule has 0 rings (SSSR count). The summed E-state index contributed by atoms with van der Waals surface area (Å²) in [6, 6.07) is 0. The number of hydrogen-bond acceptors (Lipinski definition) is 2. The van der Waals surface area contributed by atoms with E-state index in [2.05, 4.69) is 34.9 Å². The number of allylic oxidation sites excluding steroid dienone is 1. The van der Waals surface area contributed by atoms with Gasteiger partial charge in [-0.15, -0.1) is 0 Å². The molecule has 0 heterocycles. The molecule has 0 aromatic heterocycles. The van der Waals surface area contributed by atoms with Crippen LogP contribution in [0.4, 0.5) is 0 Å². The average Bonchev–Trinajstić information content (AvgIpc) is 1.93. The van der Waals surface area contributed by atoms with E-state index in [0.717, 1.165) is 0 Å². The first-order valence-corrected chi connectivity index (χ1v) is 5.17. The van der Waals surface area contributed by atoms with Gasteiger partial charge in [-0.25, -0.2) is 0 Å². The molecule has 0 saturated carbocycles. The normalized spacial score (nSPS) is 8.18. The maximum absolute atomic E-state index is 7.94. The van der Waals surface area contributed by atoms with Crippen LogP contribution in [0.5, 0.6) is 0 Å². The zero-order chi connectivity index (χ0) is 9.70. The van der Waals surface area contributed by atoms with Crippen LogP contribution >= 0.6 is 0 Å². The molecular weight excluding hydrogens is 203 g/mol. The van der Waals surface area contributed by atoms with Crippen molar-refractivity contribution >= 4 is 9.76 Å². The molecule has 0 atom stereocenters. The molecule has 0 aliphatic rings. The van der Waals surface area contributed by atoms with Gasteiger partial charge in [0.25, 0.3) is 0 Å². The van der Waals surface area contributed by atoms with Crippen LogP contribution in [0.3, 0.4) is 0 Å². The molecule has 0 unspecified atom stereocenters. The summed E-state index contributed by atoms with van der Waals surface area (Å²) in [6.45, 7) is 12.7. The maximum atomic E-state index is 7.94. The molecule has 0 aromatic rings. The van der Waals surface area contributed by atoms with Gasteiger partial charge in [-0.2, -0.15) is 6.92 Å². The Morgan fingerprint density at radius 1 is 1.64 bits per heavy atom. The summed E-state index contributed by atoms with van der Waals surface area (Å²) in [5.74, 6) is 0. The van der Waals surface area contributed by atoms with Crippen molar-refractivity contribution in [3.05, 3.63) is 19.2 Å². The summed E-state index contributed by atoms with van der Waals surface area (Å²) in [5.41, 5.74) is 0. The third kappa shape index (κ3) is 66.5. The van der Waals surface area contributed by atoms with Crippen LogP contribution in [0, 0.1) is 12.6 Å². The van der Waals surface area contributed by atoms with Crippen LogP contribution in [0.1, 0.15) is 20.8 Å². The molecule has 0 N–H and O–H groups in total. The Bertz CT molecular complexity index is 69.5. The molecule has 2 nitrogen and oxygen atoms in total. The predicted octanol–water partition coefficient (Wildman–Crippen LogP) is 1.16. The molecule has 0 aliphatic heterocycles. The van der Waals surface area contributed by atoms with Gasteiger partial charge >= 0.3 is 19.5 Å². The van der Waals surface area contributed by atoms with Gasteiger partial charge in [-0.3, -0.25) is 6.58 Å². The second-order valence-corrected chi connectivity index (χ2v) is 2.51. The molecule has 11 heavy (non-hydrogen) atoms. The summed E-state index contributed by atoms with van der Waals surface area (Å²) < 4.78 is 13.0. The fourth-order valence-corrected chi connectivity index (χ4v) is 0.707. The van der Waals surface area contributed by atoms with Crippen LogP contribution < -0.4 is 0 Å². The minimum atomic E-state index is -0.383. The van der Waals surface area contributed by atoms with Crippen molar-refractivity contribution in [3.63, 3.8) is 0 Å². The summed E-state index contributed by atoms with van der Waals surface area (Å²) in [7, 11) is -0.383. The van der Waals surface area contributed by atoms with Crippen molar-refractivity contribution in [2.75, 3.05) is 0 Å². The van der Waals surface area contributed by atoms with Crippen LogP contribution in [0.2, 0.25) is 0 Å². The van der Waals surface area contributed by atoms with E-state index in [-0.39, 0.29) is 9.76 Å². The Hall–Kier alpha value is 0.223. The molecular formula is C7H16CoO2Si-2. The minimum absolute atomic E-state index is 0.383. The number of rotatable bonds is 2. The molecule has 4 heteroatoms. The SMILES string of the molecule is C=[C-]C.[CH2-][SiH2]OC(C)C.[O]=[Co]. The Morgan fingerprint density at radius 3 is 1.91 bits per heavy atom. The summed E-state index contributed by atoms with van der Waals surface area (Å²) in [4.78, 5) is 0. The van der Waals surface area contributed by atoms with Gasteiger partial charge < -0.3 is 17.0 Å². The first kappa shape index (κ1) is 17.3. The van der Waals surface area contributed by atoms with E-state index in [4.69, 9.17) is 8.29 Å². The van der Waals surface area contributed by atoms with Gasteiger partial charge in [0.05, 0.1) is 0 Å². The van der Waals surface area contributed by atoms with Crippen molar-refractivity contribution in [2.24, 2.45) is 0 Å². The van der Waals surface area contributed by atoms with Crippen LogP contribution in [-0.4, -0.2) is 15.9 Å². The van der Waals surface area contributed by atoms with Crippen LogP contribution in [-0.2, 0) is 24.0 Å². The van der Waals surface area contributed by atoms with Crippen molar-refractivity contribution < 1.29 is 24.0 Å². The first-order valence-electron chi connectivity index (χ1n) is 3.17. The van der Waals surface area contributed by atoms with E-state index in [9.17, 15) is 0 Å². The fraction of sp³-hybridized carbons (Fsp3) is 0.571. The monoisotopic (exact) mass is 219 g/mol. The standard InChI is InChI=1S/C4H11OSi.C3H5.Co.O/c1-4(2)5-6-3;1-3-2;;/h4H,3,6H2,1-2H3;1H2,2H3;;/q2*-1;;. The summed E-state index contributed by atoms with van der Waals surface area (Å²) in [5, 5.41) is 0. The third-order valence-electron chi connectivity index (χ3n) is 0.451. The number of hydrogen-bond donors (Lipinski definition) is 0. The van der Waals surface area contributed by atoms with Crippen molar-refractivity contribution in [2.45, 2.75) is 26.9 Å². The molecule has 71 valence electrons. The fourth-order valence-electron chi connectivity index (χ4n) is 0.236. The van der Waals surface area contributed by atoms with E-state index in [0.29, 0.717) is 6.10 Å². The average molecular weight is 219 g/mol. The van der Waals surface area contributed by atoms with Gasteiger partial charge in [-0.1, -0.05) is 0 Å². The quantitative estimate of drug-likeness (QED) is 0.514. The molecule has 0 fully saturated rings. The molecule has 0 radical (unpaired) electrons. The second-order valence-electron chi connectivity index (χ2n) is 1.77. The topological polar surface area (TPSA) is 26.3 Å². The Balaban J connectivity index is -0.000000109. The zero-order valence-corrected chi connectivity index (χ0v) is 9.80. The van der Waals surface area contributed by atoms with Gasteiger partial charge in [0, 0.05) is 15.9 Å². The van der Waals surface area contributed by atoms with Crippen molar-refractivity contribution in [1.82, 2.24) is 0 Å². The van der Waals surface area contributed by atoms with Gasteiger partial charge in [0.15, 0.2) is 0 Å². The summed E-state index contributed by atoms with van der Waals surface area (Å²) >= 11 is 2.31. The van der Waals surface area contributed by atoms with Crippen LogP contribution in [0.25, 0.3) is 0 Å². The van der Waals surface area contributed by atoms with Gasteiger partial charge in [0.1, 0.15) is 0 Å². The Kier molecular flexibility index (Phi) is 35.4. The van der Waals surface area contributed by atoms with Crippen molar-refractivity contribution in [3.8, 4) is 0 Å². The first-order chi connectivity index (χ1) is 5.18. The van der Waals surface area contributed by atoms with E-state index in [1.54, 1.807) is 6.92 Å². The molecule has 0 spiro atoms. The van der Waals surface area contributed by atoms with Crippen molar-refractivity contribution in [1.29, 1.82) is 0 Å². The van der Waals surface area contributed by atoms with E-state index in [1.165, 1.54) is 0 Å². The molecule has 0 bridgehead atoms. The summed E-state index contributed by atoms with van der Waals surface area (Å²) in [6.07, 6.45) is 2.90. The third-order valence-corrected chi connectivity index (χ3v) is 1.35.